The summed E-state index contributed by atoms with van der Waals surface area (Å²) in [5.41, 5.74) is -0.665. The standard InChI is InChI=1S/C18H21N3O6/c1-11-10-21(17(24)20-16(11)23)15-9-13(22)14(27-15)7-8-19-18(25)26-12-5-3-2-4-6-12/h2-6,10,13-15,22H,7-9H2,1H3,(H,19,25)(H,20,23,24)/t13-,14+,15+/m0/s1. The first kappa shape index (κ1) is 18.9. The van der Waals surface area contributed by atoms with Crippen molar-refractivity contribution in [2.24, 2.45) is 0 Å². The van der Waals surface area contributed by atoms with E-state index >= 15 is 0 Å². The Morgan fingerprint density at radius 3 is 2.85 bits per heavy atom. The minimum absolute atomic E-state index is 0.213. The SMILES string of the molecule is Cc1cn([C@H]2C[C@H](O)[C@@H](CCNC(=O)Oc3ccccc3)O2)c(=O)[nH]c1=O. The molecule has 3 N–H and O–H groups in total. The van der Waals surface area contributed by atoms with E-state index in [4.69, 9.17) is 9.47 Å². The highest BCUT2D eigenvalue weighted by Gasteiger charge is 2.35. The highest BCUT2D eigenvalue weighted by Crippen LogP contribution is 2.29. The average Bonchev–Trinajstić information content (AvgIpc) is 2.99. The fourth-order valence-electron chi connectivity index (χ4n) is 2.89. The Bertz CT molecular complexity index is 907. The highest BCUT2D eigenvalue weighted by molar-refractivity contribution is 5.70. The number of carbonyl (C=O) groups excluding carboxylic acids is 1. The molecule has 1 aromatic heterocycles. The van der Waals surface area contributed by atoms with Gasteiger partial charge in [-0.1, -0.05) is 18.2 Å². The molecule has 27 heavy (non-hydrogen) atoms. The van der Waals surface area contributed by atoms with Crippen LogP contribution in [0.1, 0.15) is 24.6 Å². The van der Waals surface area contributed by atoms with Gasteiger partial charge in [0.15, 0.2) is 0 Å². The summed E-state index contributed by atoms with van der Waals surface area (Å²) in [4.78, 5) is 37.4. The molecule has 2 heterocycles. The molecule has 3 rings (SSSR count). The Morgan fingerprint density at radius 1 is 1.37 bits per heavy atom. The number of benzene rings is 1. The number of aliphatic hydroxyl groups is 1. The van der Waals surface area contributed by atoms with Crippen LogP contribution in [-0.2, 0) is 4.74 Å². The Labute approximate surface area is 154 Å². The van der Waals surface area contributed by atoms with Crippen molar-refractivity contribution in [3.8, 4) is 5.75 Å². The van der Waals surface area contributed by atoms with E-state index in [1.807, 2.05) is 6.07 Å². The van der Waals surface area contributed by atoms with Crippen LogP contribution in [0.4, 0.5) is 4.79 Å². The molecular weight excluding hydrogens is 354 g/mol. The van der Waals surface area contributed by atoms with Gasteiger partial charge < -0.3 is 19.9 Å². The van der Waals surface area contributed by atoms with Gasteiger partial charge in [-0.2, -0.15) is 0 Å². The third-order valence-electron chi connectivity index (χ3n) is 4.31. The number of aromatic nitrogens is 2. The van der Waals surface area contributed by atoms with Crippen molar-refractivity contribution in [3.05, 3.63) is 62.9 Å². The lowest BCUT2D eigenvalue weighted by Crippen LogP contribution is -2.34. The van der Waals surface area contributed by atoms with Crippen LogP contribution in [0.2, 0.25) is 0 Å². The molecule has 3 atom stereocenters. The molecule has 1 aromatic carbocycles. The van der Waals surface area contributed by atoms with Crippen molar-refractivity contribution in [1.29, 1.82) is 0 Å². The molecule has 1 aliphatic heterocycles. The molecule has 2 aromatic rings. The molecule has 0 saturated carbocycles. The highest BCUT2D eigenvalue weighted by atomic mass is 16.6. The molecule has 9 heteroatoms. The van der Waals surface area contributed by atoms with Crippen molar-refractivity contribution in [1.82, 2.24) is 14.9 Å². The molecular formula is C18H21N3O6. The number of hydrogen-bond donors (Lipinski definition) is 3. The number of aliphatic hydroxyl groups excluding tert-OH is 1. The third kappa shape index (κ3) is 4.63. The average molecular weight is 375 g/mol. The molecule has 0 spiro atoms. The number of para-hydroxylation sites is 1. The number of aromatic amines is 1. The van der Waals surface area contributed by atoms with Crippen molar-refractivity contribution in [2.45, 2.75) is 38.2 Å². The molecule has 0 radical (unpaired) electrons. The first-order valence-corrected chi connectivity index (χ1v) is 8.60. The van der Waals surface area contributed by atoms with Gasteiger partial charge in [-0.15, -0.1) is 0 Å². The Hall–Kier alpha value is -2.91. The smallest absolute Gasteiger partial charge is 0.410 e. The Kier molecular flexibility index (Phi) is 5.72. The van der Waals surface area contributed by atoms with Gasteiger partial charge in [-0.05, 0) is 25.5 Å². The lowest BCUT2D eigenvalue weighted by atomic mass is 10.1. The number of amides is 1. The molecule has 1 fully saturated rings. The van der Waals surface area contributed by atoms with Gasteiger partial charge >= 0.3 is 11.8 Å². The van der Waals surface area contributed by atoms with Crippen molar-refractivity contribution >= 4 is 6.09 Å². The van der Waals surface area contributed by atoms with Gasteiger partial charge in [-0.25, -0.2) is 9.59 Å². The van der Waals surface area contributed by atoms with E-state index in [0.29, 0.717) is 17.7 Å². The second kappa shape index (κ2) is 8.19. The molecule has 144 valence electrons. The number of rotatable bonds is 5. The number of aryl methyl sites for hydroxylation is 1. The molecule has 1 aliphatic rings. The fourth-order valence-corrected chi connectivity index (χ4v) is 2.89. The van der Waals surface area contributed by atoms with Gasteiger partial charge in [0.1, 0.15) is 12.0 Å². The van der Waals surface area contributed by atoms with Crippen molar-refractivity contribution < 1.29 is 19.4 Å². The third-order valence-corrected chi connectivity index (χ3v) is 4.31. The largest absolute Gasteiger partial charge is 0.412 e. The monoisotopic (exact) mass is 375 g/mol. The summed E-state index contributed by atoms with van der Waals surface area (Å²) < 4.78 is 12.1. The Morgan fingerprint density at radius 2 is 2.11 bits per heavy atom. The van der Waals surface area contributed by atoms with Crippen LogP contribution in [-0.4, -0.2) is 39.5 Å². The zero-order valence-corrected chi connectivity index (χ0v) is 14.8. The van der Waals surface area contributed by atoms with E-state index in [9.17, 15) is 19.5 Å². The summed E-state index contributed by atoms with van der Waals surface area (Å²) >= 11 is 0. The maximum absolute atomic E-state index is 11.9. The molecule has 1 amide bonds. The fraction of sp³-hybridized carbons (Fsp3) is 0.389. The van der Waals surface area contributed by atoms with E-state index in [1.54, 1.807) is 31.2 Å². The minimum atomic E-state index is -0.791. The number of ether oxygens (including phenoxy) is 2. The van der Waals surface area contributed by atoms with Crippen LogP contribution in [0.25, 0.3) is 0 Å². The van der Waals surface area contributed by atoms with Crippen molar-refractivity contribution in [2.75, 3.05) is 6.54 Å². The quantitative estimate of drug-likeness (QED) is 0.706. The molecule has 0 unspecified atom stereocenters. The molecule has 0 aliphatic carbocycles. The predicted molar refractivity (Wildman–Crippen MR) is 95.7 cm³/mol. The zero-order chi connectivity index (χ0) is 19.4. The van der Waals surface area contributed by atoms with Crippen LogP contribution in [0.5, 0.6) is 5.75 Å². The summed E-state index contributed by atoms with van der Waals surface area (Å²) in [5, 5.41) is 12.8. The topological polar surface area (TPSA) is 123 Å². The van der Waals surface area contributed by atoms with E-state index in [-0.39, 0.29) is 13.0 Å². The summed E-state index contributed by atoms with van der Waals surface area (Å²) in [7, 11) is 0. The number of H-pyrrole nitrogens is 1. The second-order valence-corrected chi connectivity index (χ2v) is 6.33. The summed E-state index contributed by atoms with van der Waals surface area (Å²) in [5.74, 6) is 0.431. The van der Waals surface area contributed by atoms with E-state index in [2.05, 4.69) is 10.3 Å². The lowest BCUT2D eigenvalue weighted by Gasteiger charge is -2.16. The molecule has 1 saturated heterocycles. The van der Waals surface area contributed by atoms with Crippen LogP contribution in [0.15, 0.2) is 46.1 Å². The van der Waals surface area contributed by atoms with Crippen molar-refractivity contribution in [3.63, 3.8) is 0 Å². The summed E-state index contributed by atoms with van der Waals surface area (Å²) in [6.45, 7) is 1.82. The maximum atomic E-state index is 11.9. The van der Waals surface area contributed by atoms with Crippen LogP contribution >= 0.6 is 0 Å². The van der Waals surface area contributed by atoms with Crippen LogP contribution in [0.3, 0.4) is 0 Å². The Balaban J connectivity index is 1.52. The lowest BCUT2D eigenvalue weighted by molar-refractivity contribution is -0.0237. The number of nitrogens with one attached hydrogen (secondary N) is 2. The second-order valence-electron chi connectivity index (χ2n) is 6.33. The van der Waals surface area contributed by atoms with Crippen LogP contribution < -0.4 is 21.3 Å². The molecule has 9 nitrogen and oxygen atoms in total. The van der Waals surface area contributed by atoms with E-state index < -0.39 is 35.8 Å². The summed E-state index contributed by atoms with van der Waals surface area (Å²) in [6, 6.07) is 8.66. The normalized spacial score (nSPS) is 21.8. The van der Waals surface area contributed by atoms with Gasteiger partial charge in [0.05, 0.1) is 12.2 Å². The predicted octanol–water partition coefficient (Wildman–Crippen LogP) is 0.672. The number of carbonyl (C=O) groups is 1. The van der Waals surface area contributed by atoms with E-state index in [1.165, 1.54) is 10.8 Å². The van der Waals surface area contributed by atoms with E-state index in [0.717, 1.165) is 0 Å². The molecule has 0 bridgehead atoms. The van der Waals surface area contributed by atoms with Gasteiger partial charge in [-0.3, -0.25) is 14.3 Å². The number of nitrogens with zero attached hydrogens (tertiary/aromatic N) is 1. The van der Waals surface area contributed by atoms with Gasteiger partial charge in [0.25, 0.3) is 5.56 Å². The zero-order valence-electron chi connectivity index (χ0n) is 14.8. The van der Waals surface area contributed by atoms with Crippen LogP contribution in [0, 0.1) is 6.92 Å². The number of hydrogen-bond acceptors (Lipinski definition) is 6. The van der Waals surface area contributed by atoms with Gasteiger partial charge in [0.2, 0.25) is 0 Å². The summed E-state index contributed by atoms with van der Waals surface area (Å²) in [6.07, 6.45) is -0.645. The first-order valence-electron chi connectivity index (χ1n) is 8.60. The van der Waals surface area contributed by atoms with Gasteiger partial charge in [0, 0.05) is 24.7 Å². The first-order chi connectivity index (χ1) is 12.9. The maximum Gasteiger partial charge on any atom is 0.412 e. The minimum Gasteiger partial charge on any atom is -0.410 e.